The lowest BCUT2D eigenvalue weighted by atomic mass is 9.95. The van der Waals surface area contributed by atoms with Crippen molar-refractivity contribution in [3.63, 3.8) is 0 Å². The van der Waals surface area contributed by atoms with Crippen LogP contribution in [-0.2, 0) is 6.42 Å². The molecule has 0 spiro atoms. The van der Waals surface area contributed by atoms with Crippen molar-refractivity contribution in [1.29, 1.82) is 5.26 Å². The molecule has 4 nitrogen and oxygen atoms in total. The van der Waals surface area contributed by atoms with Gasteiger partial charge >= 0.3 is 0 Å². The van der Waals surface area contributed by atoms with Crippen LogP contribution in [0.15, 0.2) is 4.99 Å². The van der Waals surface area contributed by atoms with Crippen molar-refractivity contribution in [3.8, 4) is 6.07 Å². The molecule has 66 valence electrons. The molecule has 0 saturated carbocycles. The minimum Gasteiger partial charge on any atom is -0.389 e. The zero-order valence-corrected chi connectivity index (χ0v) is 7.93. The first-order valence-corrected chi connectivity index (χ1v) is 4.68. The zero-order valence-electron chi connectivity index (χ0n) is 7.11. The number of aromatic nitrogens is 1. The number of aliphatic imine (C=N–C) groups is 1. The van der Waals surface area contributed by atoms with Crippen molar-refractivity contribution in [2.45, 2.75) is 13.3 Å². The molecule has 5 heteroatoms. The third kappa shape index (κ3) is 1.19. The highest BCUT2D eigenvalue weighted by molar-refractivity contribution is 7.10. The standard InChI is InChI=1S/C8H8N4S/c1-4-5(3-9)2-6-7(10)13-12-8(6)11-4/h5H,2,10H2,1H3. The molecule has 1 aromatic heterocycles. The Labute approximate surface area is 79.9 Å². The molecule has 2 N–H and O–H groups in total. The van der Waals surface area contributed by atoms with E-state index in [1.54, 1.807) is 0 Å². The van der Waals surface area contributed by atoms with Gasteiger partial charge in [0.05, 0.1) is 12.0 Å². The number of hydrogen-bond donors (Lipinski definition) is 1. The first-order chi connectivity index (χ1) is 6.22. The van der Waals surface area contributed by atoms with Crippen LogP contribution in [0.3, 0.4) is 0 Å². The van der Waals surface area contributed by atoms with Gasteiger partial charge in [-0.3, -0.25) is 0 Å². The van der Waals surface area contributed by atoms with Crippen LogP contribution in [0.1, 0.15) is 12.5 Å². The van der Waals surface area contributed by atoms with Crippen molar-refractivity contribution in [3.05, 3.63) is 5.56 Å². The number of hydrogen-bond acceptors (Lipinski definition) is 5. The Morgan fingerprint density at radius 1 is 1.69 bits per heavy atom. The number of rotatable bonds is 0. The minimum absolute atomic E-state index is 0.133. The maximum Gasteiger partial charge on any atom is 0.170 e. The molecule has 1 atom stereocenters. The fourth-order valence-electron chi connectivity index (χ4n) is 1.33. The van der Waals surface area contributed by atoms with Crippen LogP contribution in [0.4, 0.5) is 10.8 Å². The molecule has 1 aromatic rings. The molecular weight excluding hydrogens is 184 g/mol. The molecule has 0 bridgehead atoms. The van der Waals surface area contributed by atoms with E-state index in [2.05, 4.69) is 15.4 Å². The zero-order chi connectivity index (χ0) is 9.42. The van der Waals surface area contributed by atoms with E-state index in [1.165, 1.54) is 11.5 Å². The molecule has 1 aliphatic heterocycles. The maximum atomic E-state index is 8.83. The first-order valence-electron chi connectivity index (χ1n) is 3.91. The molecule has 0 amide bonds. The summed E-state index contributed by atoms with van der Waals surface area (Å²) in [4.78, 5) is 4.23. The largest absolute Gasteiger partial charge is 0.389 e. The van der Waals surface area contributed by atoms with Gasteiger partial charge in [-0.05, 0) is 18.5 Å². The molecule has 2 heterocycles. The van der Waals surface area contributed by atoms with Gasteiger partial charge in [-0.25, -0.2) is 4.99 Å². The number of nitrogens with zero attached hydrogens (tertiary/aromatic N) is 3. The number of fused-ring (bicyclic) bond motifs is 1. The van der Waals surface area contributed by atoms with E-state index in [4.69, 9.17) is 11.0 Å². The van der Waals surface area contributed by atoms with Gasteiger partial charge in [0.15, 0.2) is 5.82 Å². The average Bonchev–Trinajstić information content (AvgIpc) is 2.46. The number of nitrogen functional groups attached to an aromatic ring is 1. The summed E-state index contributed by atoms with van der Waals surface area (Å²) in [6.07, 6.45) is 0.656. The summed E-state index contributed by atoms with van der Waals surface area (Å²) in [5.41, 5.74) is 7.47. The van der Waals surface area contributed by atoms with E-state index in [0.29, 0.717) is 17.2 Å². The predicted octanol–water partition coefficient (Wildman–Crippen LogP) is 1.51. The maximum absolute atomic E-state index is 8.83. The highest BCUT2D eigenvalue weighted by atomic mass is 32.1. The van der Waals surface area contributed by atoms with Gasteiger partial charge < -0.3 is 5.73 Å². The van der Waals surface area contributed by atoms with Crippen LogP contribution in [0, 0.1) is 17.2 Å². The molecule has 2 rings (SSSR count). The lowest BCUT2D eigenvalue weighted by molar-refractivity contribution is 0.842. The normalized spacial score (nSPS) is 20.3. The van der Waals surface area contributed by atoms with Crippen LogP contribution in [0.2, 0.25) is 0 Å². The van der Waals surface area contributed by atoms with Crippen LogP contribution in [0.5, 0.6) is 0 Å². The lowest BCUT2D eigenvalue weighted by Crippen LogP contribution is -2.15. The van der Waals surface area contributed by atoms with Gasteiger partial charge in [-0.2, -0.15) is 9.64 Å². The Balaban J connectivity index is 2.50. The molecule has 13 heavy (non-hydrogen) atoms. The van der Waals surface area contributed by atoms with Gasteiger partial charge in [-0.15, -0.1) is 0 Å². The smallest absolute Gasteiger partial charge is 0.170 e. The molecule has 1 aliphatic rings. The number of nitriles is 1. The molecule has 0 saturated heterocycles. The number of nitrogens with two attached hydrogens (primary N) is 1. The Bertz CT molecular complexity index is 412. The fourth-order valence-corrected chi connectivity index (χ4v) is 1.95. The van der Waals surface area contributed by atoms with Gasteiger partial charge in [-0.1, -0.05) is 0 Å². The average molecular weight is 192 g/mol. The topological polar surface area (TPSA) is 75.1 Å². The van der Waals surface area contributed by atoms with Crippen molar-refractivity contribution in [2.75, 3.05) is 5.73 Å². The van der Waals surface area contributed by atoms with E-state index in [1.807, 2.05) is 6.92 Å². The fraction of sp³-hybridized carbons (Fsp3) is 0.375. The van der Waals surface area contributed by atoms with Crippen LogP contribution in [0.25, 0.3) is 0 Å². The lowest BCUT2D eigenvalue weighted by Gasteiger charge is -2.13. The van der Waals surface area contributed by atoms with E-state index < -0.39 is 0 Å². The second kappa shape index (κ2) is 2.82. The molecule has 1 unspecified atom stereocenters. The van der Waals surface area contributed by atoms with Crippen molar-refractivity contribution in [2.24, 2.45) is 10.9 Å². The summed E-state index contributed by atoms with van der Waals surface area (Å²) in [5, 5.41) is 9.51. The summed E-state index contributed by atoms with van der Waals surface area (Å²) < 4.78 is 4.10. The molecule has 0 fully saturated rings. The van der Waals surface area contributed by atoms with E-state index in [9.17, 15) is 0 Å². The monoisotopic (exact) mass is 192 g/mol. The summed E-state index contributed by atoms with van der Waals surface area (Å²) in [7, 11) is 0. The molecule has 0 aliphatic carbocycles. The summed E-state index contributed by atoms with van der Waals surface area (Å²) in [6.45, 7) is 1.85. The molecule has 0 aromatic carbocycles. The highest BCUT2D eigenvalue weighted by Gasteiger charge is 2.23. The number of anilines is 1. The van der Waals surface area contributed by atoms with Crippen molar-refractivity contribution >= 4 is 28.1 Å². The Morgan fingerprint density at radius 2 is 2.46 bits per heavy atom. The Hall–Kier alpha value is -1.41. The highest BCUT2D eigenvalue weighted by Crippen LogP contribution is 2.34. The molecule has 0 radical (unpaired) electrons. The van der Waals surface area contributed by atoms with Gasteiger partial charge in [0, 0.05) is 17.7 Å². The second-order valence-electron chi connectivity index (χ2n) is 2.99. The predicted molar refractivity (Wildman–Crippen MR) is 52.1 cm³/mol. The van der Waals surface area contributed by atoms with Gasteiger partial charge in [0.2, 0.25) is 0 Å². The van der Waals surface area contributed by atoms with Crippen LogP contribution in [-0.4, -0.2) is 10.1 Å². The van der Waals surface area contributed by atoms with Gasteiger partial charge in [0.1, 0.15) is 5.00 Å². The summed E-state index contributed by atoms with van der Waals surface area (Å²) in [5.74, 6) is 0.567. The molecular formula is C8H8N4S. The second-order valence-corrected chi connectivity index (χ2v) is 3.79. The van der Waals surface area contributed by atoms with Crippen molar-refractivity contribution < 1.29 is 0 Å². The third-order valence-electron chi connectivity index (χ3n) is 2.15. The Kier molecular flexibility index (Phi) is 1.78. The van der Waals surface area contributed by atoms with Gasteiger partial charge in [0.25, 0.3) is 0 Å². The summed E-state index contributed by atoms with van der Waals surface area (Å²) >= 11 is 1.25. The van der Waals surface area contributed by atoms with E-state index >= 15 is 0 Å². The SMILES string of the molecule is CC1=Nc2nsc(N)c2CC1C#N. The van der Waals surface area contributed by atoms with Crippen molar-refractivity contribution in [1.82, 2.24) is 4.37 Å². The quantitative estimate of drug-likeness (QED) is 0.677. The van der Waals surface area contributed by atoms with E-state index in [0.717, 1.165) is 11.3 Å². The first kappa shape index (κ1) is 8.20. The van der Waals surface area contributed by atoms with Crippen LogP contribution >= 0.6 is 11.5 Å². The third-order valence-corrected chi connectivity index (χ3v) is 2.86. The van der Waals surface area contributed by atoms with Crippen LogP contribution < -0.4 is 5.73 Å². The van der Waals surface area contributed by atoms with E-state index in [-0.39, 0.29) is 5.92 Å². The minimum atomic E-state index is -0.133. The summed E-state index contributed by atoms with van der Waals surface area (Å²) in [6, 6.07) is 2.20. The Morgan fingerprint density at radius 3 is 3.15 bits per heavy atom.